The molecule has 0 spiro atoms. The molecule has 0 heterocycles. The van der Waals surface area contributed by atoms with Crippen LogP contribution in [0.15, 0.2) is 12.1 Å². The lowest BCUT2D eigenvalue weighted by molar-refractivity contribution is 0.119. The molecule has 5 heteroatoms. The molecule has 0 aliphatic carbocycles. The van der Waals surface area contributed by atoms with Crippen LogP contribution in [0.2, 0.25) is 0 Å². The van der Waals surface area contributed by atoms with E-state index in [4.69, 9.17) is 10.6 Å². The molecule has 0 amide bonds. The molecule has 13 heavy (non-hydrogen) atoms. The molecule has 1 aromatic carbocycles. The zero-order chi connectivity index (χ0) is 9.84. The first kappa shape index (κ1) is 9.88. The van der Waals surface area contributed by atoms with E-state index in [1.165, 1.54) is 7.11 Å². The van der Waals surface area contributed by atoms with E-state index in [1.54, 1.807) is 0 Å². The van der Waals surface area contributed by atoms with Gasteiger partial charge in [-0.15, -0.1) is 0 Å². The minimum Gasteiger partial charge on any atom is -0.496 e. The molecule has 0 fully saturated rings. The third-order valence-corrected chi connectivity index (χ3v) is 1.57. The lowest BCUT2D eigenvalue weighted by atomic mass is 10.2. The van der Waals surface area contributed by atoms with Gasteiger partial charge < -0.3 is 4.74 Å². The van der Waals surface area contributed by atoms with Crippen molar-refractivity contribution in [2.45, 2.75) is 6.61 Å². The van der Waals surface area contributed by atoms with Gasteiger partial charge in [-0.2, -0.15) is 0 Å². The van der Waals surface area contributed by atoms with Crippen molar-refractivity contribution in [3.8, 4) is 5.75 Å². The minimum atomic E-state index is -0.734. The summed E-state index contributed by atoms with van der Waals surface area (Å²) in [6.45, 7) is -0.157. The van der Waals surface area contributed by atoms with Crippen molar-refractivity contribution in [3.05, 3.63) is 29.3 Å². The van der Waals surface area contributed by atoms with Crippen LogP contribution in [0.4, 0.5) is 8.78 Å². The fourth-order valence-corrected chi connectivity index (χ4v) is 0.985. The average molecular weight is 189 g/mol. The molecule has 72 valence electrons. The highest BCUT2D eigenvalue weighted by Crippen LogP contribution is 2.23. The molecule has 0 aliphatic heterocycles. The molecule has 3 nitrogen and oxygen atoms in total. The van der Waals surface area contributed by atoms with Crippen molar-refractivity contribution in [3.63, 3.8) is 0 Å². The number of hydrogen-bond donors (Lipinski definition) is 1. The predicted molar refractivity (Wildman–Crippen MR) is 41.9 cm³/mol. The summed E-state index contributed by atoms with van der Waals surface area (Å²) in [6, 6.07) is 1.81. The third-order valence-electron chi connectivity index (χ3n) is 1.57. The van der Waals surface area contributed by atoms with Gasteiger partial charge in [0.15, 0.2) is 0 Å². The second-order valence-corrected chi connectivity index (χ2v) is 2.38. The summed E-state index contributed by atoms with van der Waals surface area (Å²) >= 11 is 0. The Morgan fingerprint density at radius 3 is 2.62 bits per heavy atom. The average Bonchev–Trinajstić information content (AvgIpc) is 2.09. The van der Waals surface area contributed by atoms with Gasteiger partial charge in [0, 0.05) is 12.1 Å². The number of hydrogen-bond acceptors (Lipinski definition) is 3. The maximum absolute atomic E-state index is 13.0. The van der Waals surface area contributed by atoms with Crippen molar-refractivity contribution in [1.29, 1.82) is 0 Å². The molecule has 0 aromatic heterocycles. The second-order valence-electron chi connectivity index (χ2n) is 2.38. The Bertz CT molecular complexity index is 304. The van der Waals surface area contributed by atoms with Gasteiger partial charge in [0.1, 0.15) is 17.4 Å². The van der Waals surface area contributed by atoms with Crippen LogP contribution in [0.5, 0.6) is 5.75 Å². The molecule has 0 atom stereocenters. The second kappa shape index (κ2) is 4.15. The van der Waals surface area contributed by atoms with E-state index < -0.39 is 11.6 Å². The molecule has 1 aromatic rings. The van der Waals surface area contributed by atoms with Crippen LogP contribution in [0, 0.1) is 11.6 Å². The molecule has 0 saturated carbocycles. The van der Waals surface area contributed by atoms with Crippen molar-refractivity contribution < 1.29 is 18.4 Å². The summed E-state index contributed by atoms with van der Waals surface area (Å²) in [5.74, 6) is 3.43. The molecular formula is C8H9F2NO2. The molecule has 0 radical (unpaired) electrons. The molecule has 0 saturated heterocycles. The molecule has 1 rings (SSSR count). The van der Waals surface area contributed by atoms with Crippen LogP contribution >= 0.6 is 0 Å². The monoisotopic (exact) mass is 189 g/mol. The Morgan fingerprint density at radius 2 is 2.08 bits per heavy atom. The highest BCUT2D eigenvalue weighted by Gasteiger charge is 2.11. The Balaban J connectivity index is 3.13. The van der Waals surface area contributed by atoms with E-state index in [2.05, 4.69) is 4.84 Å². The van der Waals surface area contributed by atoms with Gasteiger partial charge in [-0.1, -0.05) is 0 Å². The van der Waals surface area contributed by atoms with Gasteiger partial charge in [-0.05, 0) is 0 Å². The zero-order valence-corrected chi connectivity index (χ0v) is 7.01. The Hall–Kier alpha value is -1.20. The van der Waals surface area contributed by atoms with Crippen molar-refractivity contribution >= 4 is 0 Å². The summed E-state index contributed by atoms with van der Waals surface area (Å²) in [7, 11) is 1.31. The Kier molecular flexibility index (Phi) is 3.16. The lowest BCUT2D eigenvalue weighted by Crippen LogP contribution is -2.04. The number of ether oxygens (including phenoxy) is 1. The smallest absolute Gasteiger partial charge is 0.135 e. The number of methoxy groups -OCH3 is 1. The maximum atomic E-state index is 13.0. The topological polar surface area (TPSA) is 44.5 Å². The Morgan fingerprint density at radius 1 is 1.38 bits per heavy atom. The van der Waals surface area contributed by atoms with Crippen LogP contribution in [-0.4, -0.2) is 7.11 Å². The van der Waals surface area contributed by atoms with E-state index >= 15 is 0 Å². The summed E-state index contributed by atoms with van der Waals surface area (Å²) in [5, 5.41) is 0. The number of benzene rings is 1. The van der Waals surface area contributed by atoms with Gasteiger partial charge in [0.05, 0.1) is 19.3 Å². The summed E-state index contributed by atoms with van der Waals surface area (Å²) < 4.78 is 30.4. The van der Waals surface area contributed by atoms with Gasteiger partial charge in [-0.3, -0.25) is 4.84 Å². The molecule has 2 N–H and O–H groups in total. The first-order valence-electron chi connectivity index (χ1n) is 3.52. The van der Waals surface area contributed by atoms with Crippen LogP contribution in [0.25, 0.3) is 0 Å². The van der Waals surface area contributed by atoms with Crippen LogP contribution < -0.4 is 10.6 Å². The maximum Gasteiger partial charge on any atom is 0.135 e. The van der Waals surface area contributed by atoms with Gasteiger partial charge in [-0.25, -0.2) is 14.7 Å². The molecule has 0 bridgehead atoms. The van der Waals surface area contributed by atoms with Crippen LogP contribution in [0.3, 0.4) is 0 Å². The Labute approximate surface area is 74.0 Å². The summed E-state index contributed by atoms with van der Waals surface area (Å²) in [6.07, 6.45) is 0. The van der Waals surface area contributed by atoms with Crippen LogP contribution in [0.1, 0.15) is 5.56 Å². The van der Waals surface area contributed by atoms with Crippen molar-refractivity contribution in [1.82, 2.24) is 0 Å². The lowest BCUT2D eigenvalue weighted by Gasteiger charge is -2.08. The first-order valence-corrected chi connectivity index (χ1v) is 3.52. The van der Waals surface area contributed by atoms with Gasteiger partial charge >= 0.3 is 0 Å². The van der Waals surface area contributed by atoms with Crippen molar-refractivity contribution in [2.24, 2.45) is 5.90 Å². The SMILES string of the molecule is COc1cc(F)cc(F)c1CON. The third kappa shape index (κ3) is 2.13. The summed E-state index contributed by atoms with van der Waals surface area (Å²) in [4.78, 5) is 4.25. The van der Waals surface area contributed by atoms with Crippen molar-refractivity contribution in [2.75, 3.05) is 7.11 Å². The van der Waals surface area contributed by atoms with E-state index in [1.807, 2.05) is 0 Å². The largest absolute Gasteiger partial charge is 0.496 e. The van der Waals surface area contributed by atoms with Gasteiger partial charge in [0.25, 0.3) is 0 Å². The highest BCUT2D eigenvalue weighted by molar-refractivity contribution is 5.34. The standard InChI is InChI=1S/C8H9F2NO2/c1-12-8-3-5(9)2-7(10)6(8)4-13-11/h2-3H,4,11H2,1H3. The van der Waals surface area contributed by atoms with E-state index in [-0.39, 0.29) is 17.9 Å². The zero-order valence-electron chi connectivity index (χ0n) is 7.01. The minimum absolute atomic E-state index is 0.0861. The quantitative estimate of drug-likeness (QED) is 0.730. The summed E-state index contributed by atoms with van der Waals surface area (Å²) in [5.41, 5.74) is 0.103. The number of rotatable bonds is 3. The normalized spacial score (nSPS) is 10.2. The van der Waals surface area contributed by atoms with E-state index in [9.17, 15) is 8.78 Å². The highest BCUT2D eigenvalue weighted by atomic mass is 19.1. The van der Waals surface area contributed by atoms with E-state index in [0.717, 1.165) is 12.1 Å². The van der Waals surface area contributed by atoms with E-state index in [0.29, 0.717) is 0 Å². The molecule has 0 unspecified atom stereocenters. The fourth-order valence-electron chi connectivity index (χ4n) is 0.985. The predicted octanol–water partition coefficient (Wildman–Crippen LogP) is 1.36. The molecular weight excluding hydrogens is 180 g/mol. The van der Waals surface area contributed by atoms with Crippen LogP contribution in [-0.2, 0) is 11.4 Å². The number of nitrogens with two attached hydrogens (primary N) is 1. The first-order chi connectivity index (χ1) is 6.19. The van der Waals surface area contributed by atoms with Gasteiger partial charge in [0.2, 0.25) is 0 Å². The molecule has 0 aliphatic rings. The number of halogens is 2. The fraction of sp³-hybridized carbons (Fsp3) is 0.250.